The number of nitrogens with zero attached hydrogens (tertiary/aromatic N) is 4. The fourth-order valence-electron chi connectivity index (χ4n) is 3.99. The van der Waals surface area contributed by atoms with Gasteiger partial charge >= 0.3 is 5.69 Å². The summed E-state index contributed by atoms with van der Waals surface area (Å²) in [6, 6.07) is 7.88. The molecule has 0 unspecified atom stereocenters. The molecule has 11 nitrogen and oxygen atoms in total. The van der Waals surface area contributed by atoms with Crippen molar-refractivity contribution < 1.29 is 18.4 Å². The molecule has 0 aliphatic rings. The lowest BCUT2D eigenvalue weighted by Gasteiger charge is -2.25. The van der Waals surface area contributed by atoms with Crippen LogP contribution in [0.2, 0.25) is 5.02 Å². The third-order valence-corrected chi connectivity index (χ3v) is 6.13. The van der Waals surface area contributed by atoms with E-state index in [2.05, 4.69) is 15.3 Å². The topological polar surface area (TPSA) is 148 Å². The Bertz CT molecular complexity index is 1640. The zero-order valence-corrected chi connectivity index (χ0v) is 20.9. The van der Waals surface area contributed by atoms with Gasteiger partial charge in [0.2, 0.25) is 17.8 Å². The number of halogens is 3. The third-order valence-electron chi connectivity index (χ3n) is 5.88. The quantitative estimate of drug-likeness (QED) is 0.319. The molecule has 14 heteroatoms. The molecule has 0 aliphatic carbocycles. The number of carbonyl (C=O) groups excluding carboxylic acids is 2. The molecule has 0 fully saturated rings. The van der Waals surface area contributed by atoms with E-state index in [1.165, 1.54) is 19.0 Å². The first-order chi connectivity index (χ1) is 17.9. The van der Waals surface area contributed by atoms with Gasteiger partial charge in [0.15, 0.2) is 11.2 Å². The number of fused-ring (bicyclic) bond motifs is 1. The summed E-state index contributed by atoms with van der Waals surface area (Å²) in [4.78, 5) is 58.1. The summed E-state index contributed by atoms with van der Waals surface area (Å²) in [6.45, 7) is -0.532. The number of aromatic nitrogens is 4. The predicted octanol–water partition coefficient (Wildman–Crippen LogP) is 1.33. The molecule has 1 atom stereocenters. The van der Waals surface area contributed by atoms with Crippen LogP contribution in [0.1, 0.15) is 5.56 Å². The minimum Gasteiger partial charge on any atom is -0.369 e. The van der Waals surface area contributed by atoms with Crippen molar-refractivity contribution in [1.29, 1.82) is 0 Å². The van der Waals surface area contributed by atoms with E-state index in [1.807, 2.05) is 0 Å². The summed E-state index contributed by atoms with van der Waals surface area (Å²) in [7, 11) is 2.84. The minimum atomic E-state index is -1.26. The highest BCUT2D eigenvalue weighted by Gasteiger charge is 2.27. The van der Waals surface area contributed by atoms with Crippen molar-refractivity contribution >= 4 is 46.2 Å². The van der Waals surface area contributed by atoms with Crippen LogP contribution in [0.25, 0.3) is 11.2 Å². The summed E-state index contributed by atoms with van der Waals surface area (Å²) in [5.41, 5.74) is 4.83. The first-order valence-corrected chi connectivity index (χ1v) is 11.5. The van der Waals surface area contributed by atoms with Crippen molar-refractivity contribution in [2.45, 2.75) is 19.0 Å². The number of anilines is 2. The first-order valence-electron chi connectivity index (χ1n) is 11.2. The van der Waals surface area contributed by atoms with Gasteiger partial charge in [-0.1, -0.05) is 11.6 Å². The van der Waals surface area contributed by atoms with Crippen molar-refractivity contribution in [3.63, 3.8) is 0 Å². The maximum atomic E-state index is 13.8. The average Bonchev–Trinajstić information content (AvgIpc) is 3.17. The number of hydrogen-bond acceptors (Lipinski definition) is 6. The summed E-state index contributed by atoms with van der Waals surface area (Å²) >= 11 is 5.92. The van der Waals surface area contributed by atoms with Gasteiger partial charge in [0.05, 0.1) is 0 Å². The zero-order valence-electron chi connectivity index (χ0n) is 20.2. The molecule has 2 aromatic heterocycles. The summed E-state index contributed by atoms with van der Waals surface area (Å²) in [6.07, 6.45) is -0.244. The van der Waals surface area contributed by atoms with Gasteiger partial charge < -0.3 is 16.0 Å². The van der Waals surface area contributed by atoms with Crippen molar-refractivity contribution in [2.24, 2.45) is 7.05 Å². The molecule has 0 saturated carbocycles. The Hall–Kier alpha value is -4.52. The number of H-pyrrole nitrogens is 1. The molecule has 0 aliphatic heterocycles. The molecular formula is C24H22ClF2N7O4. The SMILES string of the molecule is CN(C(=O)[C@H](Cc1cc(F)cc(F)c1)NC(=O)Cn1c(N)nc2c1c(=O)[nH]c(=O)n2C)c1ccc(Cl)cc1. The van der Waals surface area contributed by atoms with E-state index < -0.39 is 47.3 Å². The second-order valence-electron chi connectivity index (χ2n) is 8.52. The Morgan fingerprint density at radius 2 is 1.79 bits per heavy atom. The minimum absolute atomic E-state index is 0.0330. The Morgan fingerprint density at radius 1 is 1.16 bits per heavy atom. The van der Waals surface area contributed by atoms with Crippen LogP contribution in [-0.2, 0) is 29.6 Å². The fourth-order valence-corrected chi connectivity index (χ4v) is 4.11. The third kappa shape index (κ3) is 5.42. The van der Waals surface area contributed by atoms with Crippen LogP contribution in [0.5, 0.6) is 0 Å². The number of carbonyl (C=O) groups is 2. The summed E-state index contributed by atoms with van der Waals surface area (Å²) < 4.78 is 29.8. The molecule has 4 rings (SSSR count). The van der Waals surface area contributed by atoms with Crippen LogP contribution in [0, 0.1) is 11.6 Å². The fraction of sp³-hybridized carbons (Fsp3) is 0.208. The van der Waals surface area contributed by atoms with Crippen molar-refractivity contribution in [1.82, 2.24) is 24.4 Å². The Kier molecular flexibility index (Phi) is 7.30. The van der Waals surface area contributed by atoms with Crippen molar-refractivity contribution in [2.75, 3.05) is 17.7 Å². The highest BCUT2D eigenvalue weighted by atomic mass is 35.5. The number of nitrogen functional groups attached to an aromatic ring is 1. The van der Waals surface area contributed by atoms with Gasteiger partial charge in [0.25, 0.3) is 5.56 Å². The zero-order chi connectivity index (χ0) is 27.7. The van der Waals surface area contributed by atoms with Crippen LogP contribution >= 0.6 is 11.6 Å². The Morgan fingerprint density at radius 3 is 2.42 bits per heavy atom. The first kappa shape index (κ1) is 26.5. The second kappa shape index (κ2) is 10.5. The predicted molar refractivity (Wildman–Crippen MR) is 137 cm³/mol. The molecule has 2 amide bonds. The molecular weight excluding hydrogens is 524 g/mol. The molecule has 38 heavy (non-hydrogen) atoms. The standard InChI is InChI=1S/C24H22ClF2N7O4/c1-32(16-5-3-13(25)4-6-16)22(37)17(9-12-7-14(26)10-15(27)8-12)29-18(35)11-34-19-20(30-23(34)28)33(2)24(38)31-21(19)36/h3-8,10,17H,9,11H2,1-2H3,(H2,28,30)(H,29,35)(H,31,36,38)/t17-/m0/s1. The molecule has 2 heterocycles. The number of nitrogens with two attached hydrogens (primary N) is 1. The number of imidazole rings is 1. The van der Waals surface area contributed by atoms with Gasteiger partial charge in [-0.25, -0.2) is 13.6 Å². The number of rotatable bonds is 7. The van der Waals surface area contributed by atoms with E-state index in [1.54, 1.807) is 24.3 Å². The molecule has 4 aromatic rings. The number of hydrogen-bond donors (Lipinski definition) is 3. The second-order valence-corrected chi connectivity index (χ2v) is 8.96. The van der Waals surface area contributed by atoms with Gasteiger partial charge in [-0.2, -0.15) is 4.98 Å². The van der Waals surface area contributed by atoms with E-state index in [4.69, 9.17) is 17.3 Å². The molecule has 198 valence electrons. The van der Waals surface area contributed by atoms with Crippen LogP contribution in [0.4, 0.5) is 20.4 Å². The van der Waals surface area contributed by atoms with Crippen LogP contribution in [0.15, 0.2) is 52.1 Å². The van der Waals surface area contributed by atoms with Gasteiger partial charge in [0.1, 0.15) is 24.2 Å². The maximum Gasteiger partial charge on any atom is 0.329 e. The number of likely N-dealkylation sites (N-methyl/N-ethyl adjacent to an activating group) is 1. The number of amides is 2. The highest BCUT2D eigenvalue weighted by Crippen LogP contribution is 2.19. The van der Waals surface area contributed by atoms with Crippen LogP contribution < -0.4 is 27.2 Å². The Labute approximate surface area is 218 Å². The maximum absolute atomic E-state index is 13.8. The number of aryl methyl sites for hydroxylation is 1. The number of aromatic amines is 1. The van der Waals surface area contributed by atoms with Crippen molar-refractivity contribution in [3.8, 4) is 0 Å². The molecule has 0 saturated heterocycles. The molecule has 0 radical (unpaired) electrons. The summed E-state index contributed by atoms with van der Waals surface area (Å²) in [5.74, 6) is -3.23. The normalized spacial score (nSPS) is 11.9. The van der Waals surface area contributed by atoms with E-state index in [0.29, 0.717) is 16.8 Å². The number of nitrogens with one attached hydrogen (secondary N) is 2. The number of benzene rings is 2. The molecule has 0 spiro atoms. The van der Waals surface area contributed by atoms with E-state index in [-0.39, 0.29) is 29.1 Å². The van der Waals surface area contributed by atoms with Gasteiger partial charge in [-0.05, 0) is 42.0 Å². The Balaban J connectivity index is 1.65. The average molecular weight is 546 g/mol. The van der Waals surface area contributed by atoms with Crippen molar-refractivity contribution in [3.05, 3.63) is 85.5 Å². The van der Waals surface area contributed by atoms with Gasteiger partial charge in [0, 0.05) is 37.3 Å². The lowest BCUT2D eigenvalue weighted by molar-refractivity contribution is -0.127. The van der Waals surface area contributed by atoms with E-state index in [0.717, 1.165) is 21.3 Å². The summed E-state index contributed by atoms with van der Waals surface area (Å²) in [5, 5.41) is 3.01. The lowest BCUT2D eigenvalue weighted by Crippen LogP contribution is -2.49. The highest BCUT2D eigenvalue weighted by molar-refractivity contribution is 6.30. The molecule has 4 N–H and O–H groups in total. The molecule has 2 aromatic carbocycles. The largest absolute Gasteiger partial charge is 0.369 e. The van der Waals surface area contributed by atoms with Crippen LogP contribution in [0.3, 0.4) is 0 Å². The smallest absolute Gasteiger partial charge is 0.329 e. The van der Waals surface area contributed by atoms with E-state index in [9.17, 15) is 28.0 Å². The molecule has 0 bridgehead atoms. The lowest BCUT2D eigenvalue weighted by atomic mass is 10.0. The van der Waals surface area contributed by atoms with Gasteiger partial charge in [-0.3, -0.25) is 28.5 Å². The van der Waals surface area contributed by atoms with Crippen LogP contribution in [-0.4, -0.2) is 44.0 Å². The van der Waals surface area contributed by atoms with Gasteiger partial charge in [-0.15, -0.1) is 0 Å². The van der Waals surface area contributed by atoms with E-state index >= 15 is 0 Å². The monoisotopic (exact) mass is 545 g/mol.